The van der Waals surface area contributed by atoms with Crippen molar-refractivity contribution in [3.63, 3.8) is 0 Å². The molecule has 34 heavy (non-hydrogen) atoms. The van der Waals surface area contributed by atoms with Gasteiger partial charge in [-0.1, -0.05) is 40.0 Å². The standard InChI is InChI=1S/C20H31F13P/c1-4-7-11-34(12-8-5-2,13-9-6-3)14-10-15(21,22)16(23,24)17(25,26)18(27,28)19(29,30)20(31,32)33/h4-14H2,1-3H3/q+1. The maximum atomic E-state index is 14.3. The summed E-state index contributed by atoms with van der Waals surface area (Å²) in [5.74, 6) is -36.3. The number of hydrogen-bond acceptors (Lipinski definition) is 0. The molecule has 0 aliphatic rings. The number of rotatable bonds is 16. The van der Waals surface area contributed by atoms with Crippen molar-refractivity contribution in [1.82, 2.24) is 0 Å². The summed E-state index contributed by atoms with van der Waals surface area (Å²) < 4.78 is 174. The molecule has 0 spiro atoms. The Bertz CT molecular complexity index is 592. The molecule has 0 aromatic carbocycles. The van der Waals surface area contributed by atoms with E-state index in [0.717, 1.165) is 0 Å². The Morgan fingerprint density at radius 2 is 0.765 bits per heavy atom. The molecule has 0 saturated heterocycles. The van der Waals surface area contributed by atoms with Crippen molar-refractivity contribution < 1.29 is 57.1 Å². The van der Waals surface area contributed by atoms with Crippen LogP contribution in [0.3, 0.4) is 0 Å². The molecule has 0 N–H and O–H groups in total. The van der Waals surface area contributed by atoms with Crippen LogP contribution in [0.15, 0.2) is 0 Å². The van der Waals surface area contributed by atoms with Gasteiger partial charge in [0.1, 0.15) is 0 Å². The summed E-state index contributed by atoms with van der Waals surface area (Å²) in [5, 5.41) is 0. The monoisotopic (exact) mass is 549 g/mol. The smallest absolute Gasteiger partial charge is 0.199 e. The van der Waals surface area contributed by atoms with Crippen LogP contribution in [-0.4, -0.2) is 60.4 Å². The van der Waals surface area contributed by atoms with Gasteiger partial charge < -0.3 is 0 Å². The molecule has 0 heterocycles. The average Bonchev–Trinajstić information content (AvgIpc) is 2.71. The van der Waals surface area contributed by atoms with Crippen LogP contribution < -0.4 is 0 Å². The van der Waals surface area contributed by atoms with E-state index in [1.807, 2.05) is 0 Å². The SMILES string of the molecule is CCCC[P+](CCCC)(CCCC)CCC(F)(F)C(F)(F)C(F)(F)C(F)(F)C(F)(F)C(F)(F)F. The molecule has 0 aromatic rings. The lowest BCUT2D eigenvalue weighted by Crippen LogP contribution is -2.70. The molecule has 0 aromatic heterocycles. The van der Waals surface area contributed by atoms with Gasteiger partial charge in [0, 0.05) is 7.26 Å². The molecular weight excluding hydrogens is 518 g/mol. The first-order valence-corrected chi connectivity index (χ1v) is 13.5. The highest BCUT2D eigenvalue weighted by Crippen LogP contribution is 2.65. The van der Waals surface area contributed by atoms with E-state index < -0.39 is 55.6 Å². The van der Waals surface area contributed by atoms with Crippen molar-refractivity contribution in [1.29, 1.82) is 0 Å². The maximum Gasteiger partial charge on any atom is 0.460 e. The molecule has 0 rings (SSSR count). The van der Waals surface area contributed by atoms with E-state index in [4.69, 9.17) is 0 Å². The Hall–Kier alpha value is -0.480. The molecule has 206 valence electrons. The topological polar surface area (TPSA) is 0 Å². The zero-order valence-corrected chi connectivity index (χ0v) is 20.0. The van der Waals surface area contributed by atoms with Crippen molar-refractivity contribution in [3.05, 3.63) is 0 Å². The molecule has 0 bridgehead atoms. The summed E-state index contributed by atoms with van der Waals surface area (Å²) in [4.78, 5) is 0. The summed E-state index contributed by atoms with van der Waals surface area (Å²) in [7, 11) is -2.44. The van der Waals surface area contributed by atoms with Crippen LogP contribution in [0.25, 0.3) is 0 Å². The van der Waals surface area contributed by atoms with Gasteiger partial charge in [0.15, 0.2) is 0 Å². The fourth-order valence-corrected chi connectivity index (χ4v) is 8.55. The molecule has 0 nitrogen and oxygen atoms in total. The van der Waals surface area contributed by atoms with Gasteiger partial charge in [-0.05, 0) is 19.3 Å². The molecule has 0 radical (unpaired) electrons. The molecular formula is C20H31F13P+. The highest BCUT2D eigenvalue weighted by Gasteiger charge is 2.90. The fraction of sp³-hybridized carbons (Fsp3) is 1.00. The molecule has 14 heteroatoms. The van der Waals surface area contributed by atoms with Crippen LogP contribution in [0.5, 0.6) is 0 Å². The van der Waals surface area contributed by atoms with E-state index in [-0.39, 0.29) is 0 Å². The minimum absolute atomic E-state index is 0.365. The highest BCUT2D eigenvalue weighted by molar-refractivity contribution is 7.75. The van der Waals surface area contributed by atoms with E-state index in [9.17, 15) is 57.1 Å². The largest absolute Gasteiger partial charge is 0.460 e. The van der Waals surface area contributed by atoms with Gasteiger partial charge in [0.25, 0.3) is 0 Å². The van der Waals surface area contributed by atoms with Crippen LogP contribution in [0.2, 0.25) is 0 Å². The average molecular weight is 549 g/mol. The first-order chi connectivity index (χ1) is 15.1. The summed E-state index contributed by atoms with van der Waals surface area (Å²) >= 11 is 0. The normalized spacial score (nSPS) is 15.2. The molecule has 0 aliphatic carbocycles. The lowest BCUT2D eigenvalue weighted by atomic mass is 9.93. The Balaban J connectivity index is 6.16. The molecule has 0 amide bonds. The van der Waals surface area contributed by atoms with Gasteiger partial charge >= 0.3 is 35.8 Å². The van der Waals surface area contributed by atoms with E-state index >= 15 is 0 Å². The van der Waals surface area contributed by atoms with Crippen molar-refractivity contribution in [2.75, 3.05) is 24.6 Å². The number of halogens is 13. The molecule has 0 aliphatic heterocycles. The molecule has 0 fully saturated rings. The lowest BCUT2D eigenvalue weighted by molar-refractivity contribution is -0.439. The minimum atomic E-state index is -7.83. The van der Waals surface area contributed by atoms with Gasteiger partial charge in [0.2, 0.25) is 0 Å². The number of unbranched alkanes of at least 4 members (excludes halogenated alkanes) is 3. The second-order valence-electron chi connectivity index (χ2n) is 8.55. The van der Waals surface area contributed by atoms with E-state index in [1.165, 1.54) is 0 Å². The quantitative estimate of drug-likeness (QED) is 0.133. The van der Waals surface area contributed by atoms with Crippen LogP contribution in [0, 0.1) is 0 Å². The summed E-state index contributed by atoms with van der Waals surface area (Å²) in [6.45, 7) is 5.33. The Labute approximate surface area is 191 Å². The van der Waals surface area contributed by atoms with E-state index in [1.54, 1.807) is 20.8 Å². The molecule has 0 unspecified atom stereocenters. The first-order valence-electron chi connectivity index (χ1n) is 10.9. The third kappa shape index (κ3) is 6.64. The summed E-state index contributed by atoms with van der Waals surface area (Å²) in [6.07, 6.45) is -5.61. The van der Waals surface area contributed by atoms with Gasteiger partial charge in [-0.3, -0.25) is 0 Å². The Morgan fingerprint density at radius 1 is 0.441 bits per heavy atom. The van der Waals surface area contributed by atoms with Crippen LogP contribution in [0.4, 0.5) is 57.1 Å². The Kier molecular flexibility index (Phi) is 11.5. The van der Waals surface area contributed by atoms with E-state index in [0.29, 0.717) is 57.0 Å². The van der Waals surface area contributed by atoms with Gasteiger partial charge in [0.05, 0.1) is 31.1 Å². The molecule has 0 atom stereocenters. The van der Waals surface area contributed by atoms with E-state index in [2.05, 4.69) is 0 Å². The minimum Gasteiger partial charge on any atom is -0.199 e. The predicted octanol–water partition coefficient (Wildman–Crippen LogP) is 9.53. The highest BCUT2D eigenvalue weighted by atomic mass is 31.2. The van der Waals surface area contributed by atoms with Crippen molar-refractivity contribution in [3.8, 4) is 0 Å². The maximum absolute atomic E-state index is 14.3. The van der Waals surface area contributed by atoms with Crippen LogP contribution in [0.1, 0.15) is 65.7 Å². The third-order valence-corrected chi connectivity index (χ3v) is 10.8. The summed E-state index contributed by atoms with van der Waals surface area (Å²) in [6, 6.07) is 0. The van der Waals surface area contributed by atoms with Crippen LogP contribution >= 0.6 is 7.26 Å². The second-order valence-corrected chi connectivity index (χ2v) is 13.0. The lowest BCUT2D eigenvalue weighted by Gasteiger charge is -2.40. The Morgan fingerprint density at radius 3 is 1.06 bits per heavy atom. The predicted molar refractivity (Wildman–Crippen MR) is 107 cm³/mol. The van der Waals surface area contributed by atoms with Crippen molar-refractivity contribution in [2.45, 2.75) is 102 Å². The van der Waals surface area contributed by atoms with Gasteiger partial charge in [-0.2, -0.15) is 57.1 Å². The van der Waals surface area contributed by atoms with Crippen LogP contribution in [-0.2, 0) is 0 Å². The number of hydrogen-bond donors (Lipinski definition) is 0. The second kappa shape index (κ2) is 11.7. The first kappa shape index (κ1) is 33.5. The molecule has 0 saturated carbocycles. The zero-order chi connectivity index (χ0) is 27.3. The van der Waals surface area contributed by atoms with Crippen molar-refractivity contribution >= 4 is 7.26 Å². The van der Waals surface area contributed by atoms with Crippen molar-refractivity contribution in [2.24, 2.45) is 0 Å². The number of alkyl halides is 13. The zero-order valence-electron chi connectivity index (χ0n) is 19.1. The summed E-state index contributed by atoms with van der Waals surface area (Å²) in [5.41, 5.74) is 0. The van der Waals surface area contributed by atoms with Gasteiger partial charge in [-0.25, -0.2) is 0 Å². The van der Waals surface area contributed by atoms with Gasteiger partial charge in [-0.15, -0.1) is 0 Å². The fourth-order valence-electron chi connectivity index (χ4n) is 3.49. The third-order valence-electron chi connectivity index (χ3n) is 5.86.